The van der Waals surface area contributed by atoms with Crippen LogP contribution in [-0.4, -0.2) is 21.9 Å². The standard InChI is InChI=1S/C9H10N2O4.C2H6/c12-5-6-1-2-8(15-6)11-4-3-7(13)10-9(11)14;1-2/h3-6,8H,1-2H2,(H,10,13,14);1-2H3. The number of aldehydes is 1. The largest absolute Gasteiger partial charge is 0.347 e. The van der Waals surface area contributed by atoms with E-state index >= 15 is 0 Å². The number of hydrogen-bond donors (Lipinski definition) is 1. The van der Waals surface area contributed by atoms with Crippen LogP contribution in [0.3, 0.4) is 0 Å². The SMILES string of the molecule is CC.O=CC1CCC(n2ccc(=O)[nH]c2=O)O1. The molecule has 1 N–H and O–H groups in total. The predicted molar refractivity (Wildman–Crippen MR) is 61.9 cm³/mol. The highest BCUT2D eigenvalue weighted by Crippen LogP contribution is 2.25. The van der Waals surface area contributed by atoms with E-state index in [1.54, 1.807) is 0 Å². The Morgan fingerprint density at radius 1 is 1.41 bits per heavy atom. The molecule has 2 atom stereocenters. The summed E-state index contributed by atoms with van der Waals surface area (Å²) in [7, 11) is 0. The number of H-pyrrole nitrogens is 1. The lowest BCUT2D eigenvalue weighted by atomic mass is 10.2. The molecule has 1 aliphatic heterocycles. The van der Waals surface area contributed by atoms with Crippen LogP contribution >= 0.6 is 0 Å². The van der Waals surface area contributed by atoms with E-state index < -0.39 is 23.6 Å². The molecule has 94 valence electrons. The van der Waals surface area contributed by atoms with Gasteiger partial charge in [-0.2, -0.15) is 0 Å². The molecule has 1 aromatic rings. The van der Waals surface area contributed by atoms with Gasteiger partial charge in [-0.3, -0.25) is 14.3 Å². The Hall–Kier alpha value is -1.69. The Bertz CT molecular complexity index is 477. The van der Waals surface area contributed by atoms with Gasteiger partial charge in [0.25, 0.3) is 5.56 Å². The zero-order valence-electron chi connectivity index (χ0n) is 9.88. The molecule has 2 unspecified atom stereocenters. The summed E-state index contributed by atoms with van der Waals surface area (Å²) in [6.45, 7) is 4.00. The Labute approximate surface area is 98.2 Å². The van der Waals surface area contributed by atoms with Gasteiger partial charge in [0.15, 0.2) is 0 Å². The van der Waals surface area contributed by atoms with E-state index in [-0.39, 0.29) is 0 Å². The van der Waals surface area contributed by atoms with Crippen molar-refractivity contribution in [1.82, 2.24) is 9.55 Å². The Morgan fingerprint density at radius 3 is 2.65 bits per heavy atom. The Kier molecular flexibility index (Phi) is 4.84. The third kappa shape index (κ3) is 3.13. The van der Waals surface area contributed by atoms with E-state index in [0.717, 1.165) is 6.29 Å². The second-order valence-electron chi connectivity index (χ2n) is 3.36. The highest BCUT2D eigenvalue weighted by atomic mass is 16.5. The summed E-state index contributed by atoms with van der Waals surface area (Å²) in [5.74, 6) is 0. The molecule has 2 heterocycles. The molecule has 0 aliphatic carbocycles. The molecule has 0 bridgehead atoms. The molecule has 0 spiro atoms. The average Bonchev–Trinajstić information content (AvgIpc) is 2.80. The van der Waals surface area contributed by atoms with E-state index in [1.807, 2.05) is 13.8 Å². The molecule has 17 heavy (non-hydrogen) atoms. The van der Waals surface area contributed by atoms with Crippen LogP contribution < -0.4 is 11.2 Å². The van der Waals surface area contributed by atoms with Crippen LogP contribution in [-0.2, 0) is 9.53 Å². The maximum absolute atomic E-state index is 11.4. The fraction of sp³-hybridized carbons (Fsp3) is 0.545. The summed E-state index contributed by atoms with van der Waals surface area (Å²) in [6.07, 6.45) is 2.38. The number of aromatic nitrogens is 2. The van der Waals surface area contributed by atoms with Gasteiger partial charge in [-0.05, 0) is 12.8 Å². The second-order valence-corrected chi connectivity index (χ2v) is 3.36. The summed E-state index contributed by atoms with van der Waals surface area (Å²) in [5.41, 5.74) is -0.958. The molecule has 1 saturated heterocycles. The minimum atomic E-state index is -0.515. The number of ether oxygens (including phenoxy) is 1. The van der Waals surface area contributed by atoms with Gasteiger partial charge in [-0.15, -0.1) is 0 Å². The molecular formula is C11H16N2O4. The average molecular weight is 240 g/mol. The van der Waals surface area contributed by atoms with Crippen molar-refractivity contribution in [3.8, 4) is 0 Å². The number of rotatable bonds is 2. The molecule has 1 aliphatic rings. The first-order chi connectivity index (χ1) is 8.20. The van der Waals surface area contributed by atoms with Crippen molar-refractivity contribution in [2.45, 2.75) is 39.0 Å². The van der Waals surface area contributed by atoms with Gasteiger partial charge in [0, 0.05) is 12.3 Å². The van der Waals surface area contributed by atoms with Crippen LogP contribution in [0.5, 0.6) is 0 Å². The van der Waals surface area contributed by atoms with E-state index in [0.29, 0.717) is 12.8 Å². The molecule has 1 aromatic heterocycles. The van der Waals surface area contributed by atoms with Crippen molar-refractivity contribution in [1.29, 1.82) is 0 Å². The topological polar surface area (TPSA) is 81.2 Å². The Morgan fingerprint density at radius 2 is 2.12 bits per heavy atom. The summed E-state index contributed by atoms with van der Waals surface area (Å²) >= 11 is 0. The fourth-order valence-electron chi connectivity index (χ4n) is 1.60. The molecule has 1 fully saturated rings. The van der Waals surface area contributed by atoms with E-state index in [1.165, 1.54) is 16.8 Å². The molecule has 0 amide bonds. The third-order valence-corrected chi connectivity index (χ3v) is 2.34. The lowest BCUT2D eigenvalue weighted by Gasteiger charge is -2.12. The number of carbonyl (C=O) groups excluding carboxylic acids is 1. The zero-order valence-corrected chi connectivity index (χ0v) is 9.88. The van der Waals surface area contributed by atoms with Gasteiger partial charge in [0.05, 0.1) is 0 Å². The molecular weight excluding hydrogens is 224 g/mol. The zero-order chi connectivity index (χ0) is 12.8. The van der Waals surface area contributed by atoms with Gasteiger partial charge in [0.2, 0.25) is 0 Å². The minimum absolute atomic E-state index is 0.443. The molecule has 2 rings (SSSR count). The Balaban J connectivity index is 0.000000686. The van der Waals surface area contributed by atoms with Crippen LogP contribution in [0.1, 0.15) is 32.9 Å². The minimum Gasteiger partial charge on any atom is -0.347 e. The number of nitrogens with zero attached hydrogens (tertiary/aromatic N) is 1. The van der Waals surface area contributed by atoms with Crippen LogP contribution in [0.15, 0.2) is 21.9 Å². The van der Waals surface area contributed by atoms with Crippen molar-refractivity contribution in [3.05, 3.63) is 33.1 Å². The molecule has 0 radical (unpaired) electrons. The summed E-state index contributed by atoms with van der Waals surface area (Å²) in [5, 5.41) is 0. The van der Waals surface area contributed by atoms with Crippen molar-refractivity contribution >= 4 is 6.29 Å². The van der Waals surface area contributed by atoms with Crippen LogP contribution in [0.2, 0.25) is 0 Å². The number of hydrogen-bond acceptors (Lipinski definition) is 4. The van der Waals surface area contributed by atoms with Gasteiger partial charge >= 0.3 is 5.69 Å². The van der Waals surface area contributed by atoms with Crippen molar-refractivity contribution in [3.63, 3.8) is 0 Å². The quantitative estimate of drug-likeness (QED) is 0.760. The second kappa shape index (κ2) is 6.15. The maximum Gasteiger partial charge on any atom is 0.330 e. The van der Waals surface area contributed by atoms with Crippen molar-refractivity contribution in [2.75, 3.05) is 0 Å². The first-order valence-corrected chi connectivity index (χ1v) is 5.63. The van der Waals surface area contributed by atoms with Crippen LogP contribution in [0.25, 0.3) is 0 Å². The monoisotopic (exact) mass is 240 g/mol. The van der Waals surface area contributed by atoms with Crippen molar-refractivity contribution < 1.29 is 9.53 Å². The van der Waals surface area contributed by atoms with Gasteiger partial charge in [0.1, 0.15) is 18.6 Å². The van der Waals surface area contributed by atoms with Gasteiger partial charge in [-0.1, -0.05) is 13.8 Å². The van der Waals surface area contributed by atoms with Gasteiger partial charge < -0.3 is 9.53 Å². The first-order valence-electron chi connectivity index (χ1n) is 5.63. The number of aromatic amines is 1. The van der Waals surface area contributed by atoms with E-state index in [2.05, 4.69) is 4.98 Å². The highest BCUT2D eigenvalue weighted by Gasteiger charge is 2.26. The smallest absolute Gasteiger partial charge is 0.330 e. The van der Waals surface area contributed by atoms with Gasteiger partial charge in [-0.25, -0.2) is 4.79 Å². The lowest BCUT2D eigenvalue weighted by molar-refractivity contribution is -0.119. The molecule has 6 nitrogen and oxygen atoms in total. The highest BCUT2D eigenvalue weighted by molar-refractivity contribution is 5.56. The maximum atomic E-state index is 11.4. The third-order valence-electron chi connectivity index (χ3n) is 2.34. The normalized spacial score (nSPS) is 22.7. The molecule has 6 heteroatoms. The first kappa shape index (κ1) is 13.4. The van der Waals surface area contributed by atoms with E-state index in [9.17, 15) is 14.4 Å². The van der Waals surface area contributed by atoms with E-state index in [4.69, 9.17) is 4.74 Å². The summed E-state index contributed by atoms with van der Waals surface area (Å²) in [4.78, 5) is 34.8. The lowest BCUT2D eigenvalue weighted by Crippen LogP contribution is -2.31. The number of nitrogens with one attached hydrogen (secondary N) is 1. The number of carbonyl (C=O) groups is 1. The fourth-order valence-corrected chi connectivity index (χ4v) is 1.60. The van der Waals surface area contributed by atoms with Crippen LogP contribution in [0.4, 0.5) is 0 Å². The predicted octanol–water partition coefficient (Wildman–Crippen LogP) is 0.439. The molecule has 0 aromatic carbocycles. The van der Waals surface area contributed by atoms with Crippen LogP contribution in [0, 0.1) is 0 Å². The van der Waals surface area contributed by atoms with Crippen molar-refractivity contribution in [2.24, 2.45) is 0 Å². The molecule has 0 saturated carbocycles. The summed E-state index contributed by atoms with van der Waals surface area (Å²) in [6, 6.07) is 1.25. The summed E-state index contributed by atoms with van der Waals surface area (Å²) < 4.78 is 6.57.